The van der Waals surface area contributed by atoms with Crippen LogP contribution in [0.4, 0.5) is 4.39 Å². The number of methoxy groups -OCH3 is 1. The van der Waals surface area contributed by atoms with Crippen molar-refractivity contribution >= 4 is 0 Å². The molecule has 1 aromatic rings. The highest BCUT2D eigenvalue weighted by Gasteiger charge is 2.12. The lowest BCUT2D eigenvalue weighted by Crippen LogP contribution is -2.26. The maximum Gasteiger partial charge on any atom is 0.123 e. The van der Waals surface area contributed by atoms with Crippen molar-refractivity contribution in [2.45, 2.75) is 19.9 Å². The molecule has 2 unspecified atom stereocenters. The Morgan fingerprint density at radius 3 is 2.76 bits per heavy atom. The van der Waals surface area contributed by atoms with E-state index in [4.69, 9.17) is 4.74 Å². The van der Waals surface area contributed by atoms with E-state index >= 15 is 0 Å². The average molecular weight is 241 g/mol. The molecule has 0 aromatic heterocycles. The Balaban J connectivity index is 2.57. The Bertz CT molecular complexity index is 357. The van der Waals surface area contributed by atoms with Crippen LogP contribution in [0.2, 0.25) is 0 Å². The number of phenols is 1. The molecule has 1 aromatic carbocycles. The fraction of sp³-hybridized carbons (Fsp3) is 0.538. The predicted molar refractivity (Wildman–Crippen MR) is 65.5 cm³/mol. The third-order valence-corrected chi connectivity index (χ3v) is 2.68. The summed E-state index contributed by atoms with van der Waals surface area (Å²) in [5.74, 6) is 0.153. The van der Waals surface area contributed by atoms with Crippen LogP contribution < -0.4 is 5.32 Å². The first-order valence-corrected chi connectivity index (χ1v) is 5.75. The van der Waals surface area contributed by atoms with Gasteiger partial charge in [0.2, 0.25) is 0 Å². The van der Waals surface area contributed by atoms with Crippen molar-refractivity contribution in [2.75, 3.05) is 20.3 Å². The van der Waals surface area contributed by atoms with Gasteiger partial charge in [-0.3, -0.25) is 0 Å². The zero-order chi connectivity index (χ0) is 12.8. The number of nitrogens with one attached hydrogen (secondary N) is 1. The van der Waals surface area contributed by atoms with E-state index in [1.165, 1.54) is 18.2 Å². The van der Waals surface area contributed by atoms with Crippen molar-refractivity contribution in [2.24, 2.45) is 5.92 Å². The smallest absolute Gasteiger partial charge is 0.123 e. The van der Waals surface area contributed by atoms with Gasteiger partial charge < -0.3 is 15.2 Å². The Morgan fingerprint density at radius 2 is 2.12 bits per heavy atom. The monoisotopic (exact) mass is 241 g/mol. The number of hydrogen-bond donors (Lipinski definition) is 2. The number of halogens is 1. The summed E-state index contributed by atoms with van der Waals surface area (Å²) in [4.78, 5) is 0. The third kappa shape index (κ3) is 4.32. The van der Waals surface area contributed by atoms with E-state index in [9.17, 15) is 9.50 Å². The van der Waals surface area contributed by atoms with Crippen molar-refractivity contribution in [3.63, 3.8) is 0 Å². The lowest BCUT2D eigenvalue weighted by Gasteiger charge is -2.18. The van der Waals surface area contributed by atoms with Crippen molar-refractivity contribution in [3.8, 4) is 5.75 Å². The summed E-state index contributed by atoms with van der Waals surface area (Å²) in [5.41, 5.74) is 0.578. The van der Waals surface area contributed by atoms with Gasteiger partial charge in [-0.1, -0.05) is 6.92 Å². The standard InChI is InChI=1S/C13H20FNO2/c1-9(8-17-3)7-15-10(2)12-6-11(14)4-5-13(12)16/h4-6,9-10,15-16H,7-8H2,1-3H3. The molecule has 17 heavy (non-hydrogen) atoms. The Hall–Kier alpha value is -1.13. The summed E-state index contributed by atoms with van der Waals surface area (Å²) in [5, 5.41) is 12.9. The van der Waals surface area contributed by atoms with Crippen LogP contribution in [0.25, 0.3) is 0 Å². The molecule has 0 aliphatic carbocycles. The SMILES string of the molecule is COCC(C)CNC(C)c1cc(F)ccc1O. The summed E-state index contributed by atoms with van der Waals surface area (Å²) in [6, 6.07) is 3.89. The molecule has 0 aliphatic heterocycles. The molecular weight excluding hydrogens is 221 g/mol. The Kier molecular flexibility index (Phi) is 5.38. The molecule has 0 saturated heterocycles. The second kappa shape index (κ2) is 6.57. The normalized spacial score (nSPS) is 14.6. The fourth-order valence-electron chi connectivity index (χ4n) is 1.70. The van der Waals surface area contributed by atoms with Gasteiger partial charge in [0.05, 0.1) is 0 Å². The minimum absolute atomic E-state index is 0.0926. The van der Waals surface area contributed by atoms with E-state index in [1.54, 1.807) is 7.11 Å². The van der Waals surface area contributed by atoms with Gasteiger partial charge in [-0.15, -0.1) is 0 Å². The molecule has 0 fully saturated rings. The number of ether oxygens (including phenoxy) is 1. The zero-order valence-electron chi connectivity index (χ0n) is 10.5. The largest absolute Gasteiger partial charge is 0.508 e. The Labute approximate surface area is 102 Å². The molecule has 0 amide bonds. The molecule has 96 valence electrons. The van der Waals surface area contributed by atoms with Crippen LogP contribution >= 0.6 is 0 Å². The maximum absolute atomic E-state index is 13.1. The quantitative estimate of drug-likeness (QED) is 0.804. The first kappa shape index (κ1) is 13.9. The van der Waals surface area contributed by atoms with E-state index in [2.05, 4.69) is 12.2 Å². The molecule has 1 rings (SSSR count). The van der Waals surface area contributed by atoms with Crippen LogP contribution in [0.15, 0.2) is 18.2 Å². The van der Waals surface area contributed by atoms with Crippen molar-refractivity contribution < 1.29 is 14.2 Å². The molecule has 4 heteroatoms. The zero-order valence-corrected chi connectivity index (χ0v) is 10.5. The number of hydrogen-bond acceptors (Lipinski definition) is 3. The van der Waals surface area contributed by atoms with Gasteiger partial charge in [-0.05, 0) is 31.0 Å². The highest BCUT2D eigenvalue weighted by atomic mass is 19.1. The molecule has 3 nitrogen and oxygen atoms in total. The van der Waals surface area contributed by atoms with Crippen LogP contribution in [0.5, 0.6) is 5.75 Å². The van der Waals surface area contributed by atoms with Gasteiger partial charge in [-0.2, -0.15) is 0 Å². The number of phenolic OH excluding ortho intramolecular Hbond substituents is 1. The molecule has 2 atom stereocenters. The summed E-state index contributed by atoms with van der Waals surface area (Å²) in [6.07, 6.45) is 0. The summed E-state index contributed by atoms with van der Waals surface area (Å²) < 4.78 is 18.1. The molecule has 0 aliphatic rings. The third-order valence-electron chi connectivity index (χ3n) is 2.68. The van der Waals surface area contributed by atoms with Crippen molar-refractivity contribution in [1.29, 1.82) is 0 Å². The summed E-state index contributed by atoms with van der Waals surface area (Å²) in [7, 11) is 1.67. The van der Waals surface area contributed by atoms with Crippen LogP contribution in [-0.4, -0.2) is 25.4 Å². The second-order valence-corrected chi connectivity index (χ2v) is 4.39. The lowest BCUT2D eigenvalue weighted by molar-refractivity contribution is 0.157. The predicted octanol–water partition coefficient (Wildman–Crippen LogP) is 2.46. The lowest BCUT2D eigenvalue weighted by atomic mass is 10.1. The summed E-state index contributed by atoms with van der Waals surface area (Å²) in [6.45, 7) is 5.39. The van der Waals surface area contributed by atoms with Gasteiger partial charge in [0.1, 0.15) is 11.6 Å². The highest BCUT2D eigenvalue weighted by molar-refractivity contribution is 5.34. The van der Waals surface area contributed by atoms with Crippen LogP contribution in [0, 0.1) is 11.7 Å². The van der Waals surface area contributed by atoms with Gasteiger partial charge in [-0.25, -0.2) is 4.39 Å². The highest BCUT2D eigenvalue weighted by Crippen LogP contribution is 2.24. The topological polar surface area (TPSA) is 41.5 Å². The summed E-state index contributed by atoms with van der Waals surface area (Å²) >= 11 is 0. The van der Waals surface area contributed by atoms with E-state index in [-0.39, 0.29) is 17.6 Å². The number of rotatable bonds is 6. The molecule has 0 radical (unpaired) electrons. The Morgan fingerprint density at radius 1 is 1.41 bits per heavy atom. The first-order valence-electron chi connectivity index (χ1n) is 5.75. The molecule has 2 N–H and O–H groups in total. The maximum atomic E-state index is 13.1. The fourth-order valence-corrected chi connectivity index (χ4v) is 1.70. The molecule has 0 spiro atoms. The van der Waals surface area contributed by atoms with Gasteiger partial charge in [0.25, 0.3) is 0 Å². The molecule has 0 heterocycles. The first-order chi connectivity index (χ1) is 8.04. The van der Waals surface area contributed by atoms with E-state index in [0.29, 0.717) is 18.1 Å². The van der Waals surface area contributed by atoms with Crippen LogP contribution in [-0.2, 0) is 4.74 Å². The minimum atomic E-state index is -0.337. The van der Waals surface area contributed by atoms with Crippen molar-refractivity contribution in [1.82, 2.24) is 5.32 Å². The van der Waals surface area contributed by atoms with Crippen molar-refractivity contribution in [3.05, 3.63) is 29.6 Å². The minimum Gasteiger partial charge on any atom is -0.508 e. The molecule has 0 bridgehead atoms. The number of aromatic hydroxyl groups is 1. The number of benzene rings is 1. The van der Waals surface area contributed by atoms with Gasteiger partial charge in [0, 0.05) is 31.9 Å². The average Bonchev–Trinajstić information content (AvgIpc) is 2.29. The van der Waals surface area contributed by atoms with E-state index in [0.717, 1.165) is 6.54 Å². The molecule has 0 saturated carbocycles. The molecular formula is C13H20FNO2. The van der Waals surface area contributed by atoms with Gasteiger partial charge in [0.15, 0.2) is 0 Å². The van der Waals surface area contributed by atoms with Crippen LogP contribution in [0.1, 0.15) is 25.5 Å². The van der Waals surface area contributed by atoms with E-state index < -0.39 is 0 Å². The second-order valence-electron chi connectivity index (χ2n) is 4.39. The van der Waals surface area contributed by atoms with Crippen LogP contribution in [0.3, 0.4) is 0 Å². The van der Waals surface area contributed by atoms with E-state index in [1.807, 2.05) is 6.92 Å². The van der Waals surface area contributed by atoms with Gasteiger partial charge >= 0.3 is 0 Å².